The van der Waals surface area contributed by atoms with Crippen LogP contribution in [0.25, 0.3) is 0 Å². The van der Waals surface area contributed by atoms with Crippen LogP contribution in [0.2, 0.25) is 0 Å². The fraction of sp³-hybridized carbons (Fsp3) is 1.00. The third kappa shape index (κ3) is 3.92. The second-order valence-corrected chi connectivity index (χ2v) is 7.50. The summed E-state index contributed by atoms with van der Waals surface area (Å²) in [7, 11) is -1.51. The van der Waals surface area contributed by atoms with Crippen LogP contribution in [-0.2, 0) is 14.9 Å². The van der Waals surface area contributed by atoms with Gasteiger partial charge >= 0.3 is 0 Å². The minimum absolute atomic E-state index is 0.0727. The predicted octanol–water partition coefficient (Wildman–Crippen LogP) is 0.320. The summed E-state index contributed by atoms with van der Waals surface area (Å²) in [5.74, 6) is 0.289. The molecule has 118 valence electrons. The molecular weight excluding hydrogens is 278 g/mol. The molecule has 2 fully saturated rings. The van der Waals surface area contributed by atoms with Gasteiger partial charge in [0.15, 0.2) is 0 Å². The molecule has 0 aromatic rings. The minimum Gasteiger partial charge on any atom is -0.378 e. The molecule has 0 amide bonds. The monoisotopic (exact) mass is 305 g/mol. The van der Waals surface area contributed by atoms with E-state index < -0.39 is 10.2 Å². The van der Waals surface area contributed by atoms with Crippen molar-refractivity contribution >= 4 is 10.2 Å². The Bertz CT molecular complexity index is 400. The number of ether oxygens (including phenoxy) is 1. The Morgan fingerprint density at radius 2 is 2.05 bits per heavy atom. The molecule has 2 aliphatic rings. The highest BCUT2D eigenvalue weighted by Gasteiger charge is 2.33. The summed E-state index contributed by atoms with van der Waals surface area (Å²) < 4.78 is 34.9. The van der Waals surface area contributed by atoms with Crippen LogP contribution in [0.1, 0.15) is 32.6 Å². The summed E-state index contributed by atoms with van der Waals surface area (Å²) in [6.45, 7) is 4.56. The van der Waals surface area contributed by atoms with Crippen LogP contribution in [-0.4, -0.2) is 58.2 Å². The van der Waals surface area contributed by atoms with E-state index in [1.54, 1.807) is 4.31 Å². The SMILES string of the molecule is CNCC1CCCCN1S(=O)(=O)NCC1CCOC1C. The number of nitrogens with one attached hydrogen (secondary N) is 2. The lowest BCUT2D eigenvalue weighted by atomic mass is 10.0. The van der Waals surface area contributed by atoms with Gasteiger partial charge in [0, 0.05) is 38.2 Å². The fourth-order valence-corrected chi connectivity index (χ4v) is 4.60. The highest BCUT2D eigenvalue weighted by atomic mass is 32.2. The van der Waals surface area contributed by atoms with Crippen molar-refractivity contribution in [3.63, 3.8) is 0 Å². The molecule has 6 nitrogen and oxygen atoms in total. The molecule has 2 aliphatic heterocycles. The molecule has 0 bridgehead atoms. The highest BCUT2D eigenvalue weighted by Crippen LogP contribution is 2.22. The Hall–Kier alpha value is -0.210. The van der Waals surface area contributed by atoms with Crippen LogP contribution in [0, 0.1) is 5.92 Å². The van der Waals surface area contributed by atoms with Crippen molar-refractivity contribution in [3.8, 4) is 0 Å². The van der Waals surface area contributed by atoms with E-state index in [1.165, 1.54) is 0 Å². The van der Waals surface area contributed by atoms with Gasteiger partial charge < -0.3 is 10.1 Å². The third-order valence-corrected chi connectivity index (χ3v) is 6.01. The maximum atomic E-state index is 12.5. The van der Waals surface area contributed by atoms with E-state index in [0.717, 1.165) is 32.3 Å². The number of nitrogens with zero attached hydrogens (tertiary/aromatic N) is 1. The molecule has 0 aliphatic carbocycles. The minimum atomic E-state index is -3.38. The van der Waals surface area contributed by atoms with Crippen molar-refractivity contribution in [1.29, 1.82) is 0 Å². The first-order valence-electron chi connectivity index (χ1n) is 7.57. The highest BCUT2D eigenvalue weighted by molar-refractivity contribution is 7.87. The van der Waals surface area contributed by atoms with Gasteiger partial charge in [-0.25, -0.2) is 4.72 Å². The summed E-state index contributed by atoms with van der Waals surface area (Å²) >= 11 is 0. The van der Waals surface area contributed by atoms with E-state index in [9.17, 15) is 8.42 Å². The van der Waals surface area contributed by atoms with Crippen LogP contribution in [0.15, 0.2) is 0 Å². The summed E-state index contributed by atoms with van der Waals surface area (Å²) in [6, 6.07) is 0.0727. The Balaban J connectivity index is 1.93. The van der Waals surface area contributed by atoms with Crippen molar-refractivity contribution in [3.05, 3.63) is 0 Å². The quantitative estimate of drug-likeness (QED) is 0.741. The molecule has 0 saturated carbocycles. The Morgan fingerprint density at radius 1 is 1.25 bits per heavy atom. The molecule has 0 aromatic carbocycles. The van der Waals surface area contributed by atoms with Crippen LogP contribution in [0.3, 0.4) is 0 Å². The number of piperidine rings is 1. The van der Waals surface area contributed by atoms with Crippen LogP contribution in [0.4, 0.5) is 0 Å². The molecule has 3 atom stereocenters. The summed E-state index contributed by atoms with van der Waals surface area (Å²) in [5.41, 5.74) is 0. The molecule has 7 heteroatoms. The molecule has 2 N–H and O–H groups in total. The van der Waals surface area contributed by atoms with E-state index in [0.29, 0.717) is 19.6 Å². The van der Waals surface area contributed by atoms with Crippen molar-refractivity contribution in [2.75, 3.05) is 33.3 Å². The normalized spacial score (nSPS) is 32.6. The van der Waals surface area contributed by atoms with Gasteiger partial charge in [-0.2, -0.15) is 12.7 Å². The molecule has 0 aromatic heterocycles. The Kier molecular flexibility index (Phi) is 5.80. The third-order valence-electron chi connectivity index (χ3n) is 4.38. The second kappa shape index (κ2) is 7.17. The van der Waals surface area contributed by atoms with Gasteiger partial charge in [-0.05, 0) is 33.2 Å². The maximum Gasteiger partial charge on any atom is 0.279 e. The average Bonchev–Trinajstić information content (AvgIpc) is 2.83. The van der Waals surface area contributed by atoms with Crippen LogP contribution in [0.5, 0.6) is 0 Å². The first-order valence-corrected chi connectivity index (χ1v) is 9.01. The van der Waals surface area contributed by atoms with Crippen LogP contribution < -0.4 is 10.0 Å². The smallest absolute Gasteiger partial charge is 0.279 e. The van der Waals surface area contributed by atoms with Gasteiger partial charge in [0.05, 0.1) is 6.10 Å². The molecule has 2 saturated heterocycles. The zero-order valence-corrected chi connectivity index (χ0v) is 13.3. The van der Waals surface area contributed by atoms with Gasteiger partial charge in [0.2, 0.25) is 0 Å². The maximum absolute atomic E-state index is 12.5. The van der Waals surface area contributed by atoms with Crippen molar-refractivity contribution in [2.45, 2.75) is 44.8 Å². The molecule has 2 heterocycles. The number of hydrogen-bond acceptors (Lipinski definition) is 4. The van der Waals surface area contributed by atoms with Crippen LogP contribution >= 0.6 is 0 Å². The Morgan fingerprint density at radius 3 is 2.70 bits per heavy atom. The van der Waals surface area contributed by atoms with Crippen molar-refractivity contribution in [2.24, 2.45) is 5.92 Å². The number of hydrogen-bond donors (Lipinski definition) is 2. The molecule has 0 spiro atoms. The summed E-state index contributed by atoms with van der Waals surface area (Å²) in [6.07, 6.45) is 4.07. The van der Waals surface area contributed by atoms with Gasteiger partial charge in [-0.3, -0.25) is 0 Å². The summed E-state index contributed by atoms with van der Waals surface area (Å²) in [4.78, 5) is 0. The fourth-order valence-electron chi connectivity index (χ4n) is 3.07. The van der Waals surface area contributed by atoms with Gasteiger partial charge in [0.25, 0.3) is 10.2 Å². The van der Waals surface area contributed by atoms with E-state index in [2.05, 4.69) is 10.0 Å². The number of likely N-dealkylation sites (N-methyl/N-ethyl adjacent to an activating group) is 1. The molecular formula is C13H27N3O3S. The van der Waals surface area contributed by atoms with Gasteiger partial charge in [-0.1, -0.05) is 6.42 Å². The van der Waals surface area contributed by atoms with E-state index in [1.807, 2.05) is 14.0 Å². The lowest BCUT2D eigenvalue weighted by Crippen LogP contribution is -2.52. The van der Waals surface area contributed by atoms with Gasteiger partial charge in [-0.15, -0.1) is 0 Å². The lowest BCUT2D eigenvalue weighted by molar-refractivity contribution is 0.106. The van der Waals surface area contributed by atoms with E-state index >= 15 is 0 Å². The van der Waals surface area contributed by atoms with E-state index in [-0.39, 0.29) is 18.1 Å². The van der Waals surface area contributed by atoms with Crippen molar-refractivity contribution < 1.29 is 13.2 Å². The first kappa shape index (κ1) is 16.2. The average molecular weight is 305 g/mol. The largest absolute Gasteiger partial charge is 0.378 e. The molecule has 0 radical (unpaired) electrons. The number of rotatable bonds is 6. The second-order valence-electron chi connectivity index (χ2n) is 5.80. The topological polar surface area (TPSA) is 70.7 Å². The van der Waals surface area contributed by atoms with Crippen molar-refractivity contribution in [1.82, 2.24) is 14.3 Å². The predicted molar refractivity (Wildman–Crippen MR) is 78.7 cm³/mol. The molecule has 20 heavy (non-hydrogen) atoms. The zero-order valence-electron chi connectivity index (χ0n) is 12.5. The van der Waals surface area contributed by atoms with E-state index in [4.69, 9.17) is 4.74 Å². The lowest BCUT2D eigenvalue weighted by Gasteiger charge is -2.34. The first-order chi connectivity index (χ1) is 9.54. The zero-order chi connectivity index (χ0) is 14.6. The summed E-state index contributed by atoms with van der Waals surface area (Å²) in [5, 5.41) is 3.09. The molecule has 3 unspecified atom stereocenters. The molecule has 2 rings (SSSR count). The standard InChI is InChI=1S/C13H27N3O3S/c1-11-12(6-8-19-11)9-15-20(17,18)16-7-4-3-5-13(16)10-14-2/h11-15H,3-10H2,1-2H3. The Labute approximate surface area is 122 Å². The van der Waals surface area contributed by atoms with Gasteiger partial charge in [0.1, 0.15) is 0 Å².